The minimum atomic E-state index is -0.783. The summed E-state index contributed by atoms with van der Waals surface area (Å²) >= 11 is 0. The van der Waals surface area contributed by atoms with Crippen molar-refractivity contribution in [3.05, 3.63) is 77.6 Å². The highest BCUT2D eigenvalue weighted by atomic mass is 19.1. The molecule has 0 atom stereocenters. The zero-order valence-corrected chi connectivity index (χ0v) is 13.8. The summed E-state index contributed by atoms with van der Waals surface area (Å²) in [4.78, 5) is 19.7. The van der Waals surface area contributed by atoms with Crippen LogP contribution in [0.4, 0.5) is 30.9 Å². The summed E-state index contributed by atoms with van der Waals surface area (Å²) in [5.74, 6) is 4.39. The number of hydrogen-bond acceptors (Lipinski definition) is 4. The quantitative estimate of drug-likeness (QED) is 0.607. The Labute approximate surface area is 153 Å². The Morgan fingerprint density at radius 3 is 2.22 bits per heavy atom. The molecule has 27 heavy (non-hydrogen) atoms. The second kappa shape index (κ2) is 7.93. The normalized spacial score (nSPS) is 9.85. The molecule has 0 aliphatic carbocycles. The Hall–Kier alpha value is -3.99. The first-order valence-electron chi connectivity index (χ1n) is 7.72. The summed E-state index contributed by atoms with van der Waals surface area (Å²) in [5.41, 5.74) is 7.11. The van der Waals surface area contributed by atoms with Gasteiger partial charge in [0.1, 0.15) is 11.6 Å². The molecule has 0 saturated heterocycles. The number of nitrogens with one attached hydrogen (secondary N) is 2. The number of anilines is 3. The molecular weight excluding hydrogens is 352 g/mol. The summed E-state index contributed by atoms with van der Waals surface area (Å²) < 4.78 is 26.3. The van der Waals surface area contributed by atoms with Gasteiger partial charge in [0.25, 0.3) is 0 Å². The van der Waals surface area contributed by atoms with Gasteiger partial charge in [-0.2, -0.15) is 0 Å². The van der Waals surface area contributed by atoms with Crippen molar-refractivity contribution in [1.29, 1.82) is 0 Å². The summed E-state index contributed by atoms with van der Waals surface area (Å²) in [6, 6.07) is 8.88. The van der Waals surface area contributed by atoms with E-state index in [1.165, 1.54) is 12.4 Å². The average molecular weight is 365 g/mol. The molecule has 3 rings (SSSR count). The fraction of sp³-hybridized carbons (Fsp3) is 0. The minimum absolute atomic E-state index is 0.00398. The molecular formula is C19H13F2N5O. The van der Waals surface area contributed by atoms with Gasteiger partial charge in [-0.25, -0.2) is 23.5 Å². The molecule has 1 aromatic heterocycles. The van der Waals surface area contributed by atoms with Gasteiger partial charge in [-0.1, -0.05) is 17.9 Å². The molecule has 0 fully saturated rings. The van der Waals surface area contributed by atoms with E-state index < -0.39 is 17.7 Å². The smallest absolute Gasteiger partial charge is 0.323 e. The maximum atomic E-state index is 13.2. The number of nitrogen functional groups attached to an aromatic ring is 1. The minimum Gasteiger partial charge on any atom is -0.368 e. The number of aromatic nitrogens is 2. The molecule has 0 radical (unpaired) electrons. The number of halogens is 2. The van der Waals surface area contributed by atoms with Gasteiger partial charge >= 0.3 is 6.03 Å². The van der Waals surface area contributed by atoms with Crippen molar-refractivity contribution >= 4 is 23.4 Å². The predicted octanol–water partition coefficient (Wildman–Crippen LogP) is 3.38. The van der Waals surface area contributed by atoms with E-state index in [1.54, 1.807) is 24.3 Å². The fourth-order valence-corrected chi connectivity index (χ4v) is 2.14. The van der Waals surface area contributed by atoms with Crippen LogP contribution in [0.25, 0.3) is 0 Å². The molecule has 4 N–H and O–H groups in total. The van der Waals surface area contributed by atoms with Crippen LogP contribution in [0.15, 0.2) is 54.9 Å². The number of rotatable bonds is 2. The van der Waals surface area contributed by atoms with Crippen molar-refractivity contribution in [2.24, 2.45) is 0 Å². The monoisotopic (exact) mass is 365 g/mol. The van der Waals surface area contributed by atoms with Gasteiger partial charge in [0.15, 0.2) is 0 Å². The second-order valence-corrected chi connectivity index (χ2v) is 5.40. The van der Waals surface area contributed by atoms with E-state index in [0.717, 1.165) is 18.2 Å². The molecule has 8 heteroatoms. The third kappa shape index (κ3) is 5.24. The average Bonchev–Trinajstić information content (AvgIpc) is 2.60. The van der Waals surface area contributed by atoms with E-state index in [9.17, 15) is 13.6 Å². The predicted molar refractivity (Wildman–Crippen MR) is 97.9 cm³/mol. The number of nitrogens with two attached hydrogens (primary N) is 1. The number of amides is 2. The summed E-state index contributed by atoms with van der Waals surface area (Å²) in [6.45, 7) is 0. The van der Waals surface area contributed by atoms with Gasteiger partial charge in [0.2, 0.25) is 5.95 Å². The van der Waals surface area contributed by atoms with E-state index in [4.69, 9.17) is 5.73 Å². The number of carbonyl (C=O) groups excluding carboxylic acids is 1. The SMILES string of the molecule is Nc1ncc(C#Cc2cccc(NC(=O)Nc3cc(F)cc(F)c3)c2)cn1. The van der Waals surface area contributed by atoms with E-state index in [2.05, 4.69) is 32.4 Å². The first-order valence-corrected chi connectivity index (χ1v) is 7.72. The van der Waals surface area contributed by atoms with Crippen LogP contribution in [0.2, 0.25) is 0 Å². The lowest BCUT2D eigenvalue weighted by Gasteiger charge is -2.08. The van der Waals surface area contributed by atoms with Crippen LogP contribution in [0.1, 0.15) is 11.1 Å². The van der Waals surface area contributed by atoms with E-state index in [0.29, 0.717) is 16.8 Å². The zero-order chi connectivity index (χ0) is 19.2. The second-order valence-electron chi connectivity index (χ2n) is 5.40. The molecule has 0 aliphatic heterocycles. The largest absolute Gasteiger partial charge is 0.368 e. The molecule has 1 heterocycles. The molecule has 0 bridgehead atoms. The van der Waals surface area contributed by atoms with E-state index >= 15 is 0 Å². The van der Waals surface area contributed by atoms with Crippen LogP contribution in [0.5, 0.6) is 0 Å². The van der Waals surface area contributed by atoms with Crippen molar-refractivity contribution in [3.8, 4) is 11.8 Å². The topological polar surface area (TPSA) is 92.9 Å². The van der Waals surface area contributed by atoms with Crippen LogP contribution >= 0.6 is 0 Å². The maximum absolute atomic E-state index is 13.2. The number of urea groups is 1. The first kappa shape index (κ1) is 17.8. The summed E-state index contributed by atoms with van der Waals surface area (Å²) in [6.07, 6.45) is 3.01. The molecule has 6 nitrogen and oxygen atoms in total. The van der Waals surface area contributed by atoms with Crippen molar-refractivity contribution in [1.82, 2.24) is 9.97 Å². The number of carbonyl (C=O) groups is 1. The molecule has 0 spiro atoms. The van der Waals surface area contributed by atoms with Gasteiger partial charge in [0.05, 0.1) is 5.56 Å². The Morgan fingerprint density at radius 2 is 1.52 bits per heavy atom. The molecule has 0 unspecified atom stereocenters. The first-order chi connectivity index (χ1) is 13.0. The van der Waals surface area contributed by atoms with Gasteiger partial charge in [-0.05, 0) is 30.3 Å². The van der Waals surface area contributed by atoms with Crippen LogP contribution in [0, 0.1) is 23.5 Å². The lowest BCUT2D eigenvalue weighted by molar-refractivity contribution is 0.262. The Morgan fingerprint density at radius 1 is 0.889 bits per heavy atom. The molecule has 3 aromatic rings. The molecule has 2 amide bonds. The highest BCUT2D eigenvalue weighted by Gasteiger charge is 2.06. The third-order valence-electron chi connectivity index (χ3n) is 3.26. The van der Waals surface area contributed by atoms with Crippen molar-refractivity contribution in [2.45, 2.75) is 0 Å². The molecule has 134 valence electrons. The van der Waals surface area contributed by atoms with Gasteiger partial charge < -0.3 is 16.4 Å². The van der Waals surface area contributed by atoms with Crippen molar-refractivity contribution in [3.63, 3.8) is 0 Å². The maximum Gasteiger partial charge on any atom is 0.323 e. The summed E-state index contributed by atoms with van der Waals surface area (Å²) in [7, 11) is 0. The lowest BCUT2D eigenvalue weighted by Crippen LogP contribution is -2.19. The van der Waals surface area contributed by atoms with Gasteiger partial charge in [0, 0.05) is 35.4 Å². The lowest BCUT2D eigenvalue weighted by atomic mass is 10.2. The van der Waals surface area contributed by atoms with Crippen LogP contribution in [-0.4, -0.2) is 16.0 Å². The van der Waals surface area contributed by atoms with Gasteiger partial charge in [-0.3, -0.25) is 0 Å². The molecule has 0 saturated carbocycles. The third-order valence-corrected chi connectivity index (χ3v) is 3.26. The molecule has 0 aliphatic rings. The zero-order valence-electron chi connectivity index (χ0n) is 13.8. The Bertz CT molecular complexity index is 1020. The summed E-state index contributed by atoms with van der Waals surface area (Å²) in [5, 5.41) is 4.93. The van der Waals surface area contributed by atoms with Crippen molar-refractivity contribution < 1.29 is 13.6 Å². The Kier molecular flexibility index (Phi) is 5.23. The standard InChI is InChI=1S/C19H13F2N5O/c20-14-7-15(21)9-17(8-14)26-19(27)25-16-3-1-2-12(6-16)4-5-13-10-23-18(22)24-11-13/h1-3,6-11H,(H2,22,23,24)(H2,25,26,27). The number of benzene rings is 2. The van der Waals surface area contributed by atoms with Gasteiger partial charge in [-0.15, -0.1) is 0 Å². The highest BCUT2D eigenvalue weighted by molar-refractivity contribution is 5.99. The van der Waals surface area contributed by atoms with Crippen LogP contribution in [0.3, 0.4) is 0 Å². The Balaban J connectivity index is 1.68. The fourth-order valence-electron chi connectivity index (χ4n) is 2.14. The van der Waals surface area contributed by atoms with E-state index in [-0.39, 0.29) is 11.6 Å². The van der Waals surface area contributed by atoms with E-state index in [1.807, 2.05) is 0 Å². The highest BCUT2D eigenvalue weighted by Crippen LogP contribution is 2.14. The van der Waals surface area contributed by atoms with Crippen LogP contribution in [-0.2, 0) is 0 Å². The molecule has 2 aromatic carbocycles. The number of hydrogen-bond donors (Lipinski definition) is 3. The van der Waals surface area contributed by atoms with Crippen molar-refractivity contribution in [2.75, 3.05) is 16.4 Å². The van der Waals surface area contributed by atoms with Crippen LogP contribution < -0.4 is 16.4 Å². The number of nitrogens with zero attached hydrogens (tertiary/aromatic N) is 2.